The van der Waals surface area contributed by atoms with E-state index in [0.717, 1.165) is 12.3 Å². The van der Waals surface area contributed by atoms with Crippen molar-refractivity contribution in [3.63, 3.8) is 0 Å². The van der Waals surface area contributed by atoms with Gasteiger partial charge in [-0.3, -0.25) is 4.98 Å². The van der Waals surface area contributed by atoms with Crippen LogP contribution in [0.2, 0.25) is 0 Å². The molecule has 0 unspecified atom stereocenters. The number of nitrogens with zero attached hydrogens (tertiary/aromatic N) is 1. The molecule has 1 rings (SSSR count). The minimum Gasteiger partial charge on any atom is -0.255 e. The SMILES string of the molecule is CC(C)Cc1ncc(F)cc1F. The lowest BCUT2D eigenvalue weighted by atomic mass is 10.1. The predicted octanol–water partition coefficient (Wildman–Crippen LogP) is 2.56. The number of aromatic nitrogens is 1. The van der Waals surface area contributed by atoms with Gasteiger partial charge in [0.1, 0.15) is 11.6 Å². The highest BCUT2D eigenvalue weighted by Crippen LogP contribution is 2.10. The Bertz CT molecular complexity index is 271. The Kier molecular flexibility index (Phi) is 2.74. The summed E-state index contributed by atoms with van der Waals surface area (Å²) in [6, 6.07) is 0.866. The molecule has 0 atom stereocenters. The van der Waals surface area contributed by atoms with Crippen molar-refractivity contribution in [2.45, 2.75) is 20.3 Å². The first-order chi connectivity index (χ1) is 5.59. The van der Waals surface area contributed by atoms with Gasteiger partial charge in [0.2, 0.25) is 0 Å². The van der Waals surface area contributed by atoms with Crippen molar-refractivity contribution < 1.29 is 8.78 Å². The maximum absolute atomic E-state index is 12.9. The van der Waals surface area contributed by atoms with Crippen LogP contribution in [0.25, 0.3) is 0 Å². The highest BCUT2D eigenvalue weighted by Gasteiger charge is 2.06. The molecule has 0 N–H and O–H groups in total. The number of halogens is 2. The van der Waals surface area contributed by atoms with E-state index >= 15 is 0 Å². The molecule has 0 aromatic carbocycles. The summed E-state index contributed by atoms with van der Waals surface area (Å²) >= 11 is 0. The molecule has 0 amide bonds. The summed E-state index contributed by atoms with van der Waals surface area (Å²) < 4.78 is 25.3. The van der Waals surface area contributed by atoms with E-state index in [1.165, 1.54) is 0 Å². The van der Waals surface area contributed by atoms with Crippen molar-refractivity contribution in [2.24, 2.45) is 5.92 Å². The average molecular weight is 171 g/mol. The van der Waals surface area contributed by atoms with Gasteiger partial charge in [-0.25, -0.2) is 8.78 Å². The zero-order valence-electron chi connectivity index (χ0n) is 7.14. The molecule has 0 bridgehead atoms. The van der Waals surface area contributed by atoms with Gasteiger partial charge in [-0.2, -0.15) is 0 Å². The second kappa shape index (κ2) is 3.61. The van der Waals surface area contributed by atoms with Crippen LogP contribution in [0.15, 0.2) is 12.3 Å². The Labute approximate surface area is 70.4 Å². The van der Waals surface area contributed by atoms with Gasteiger partial charge in [-0.1, -0.05) is 13.8 Å². The third-order valence-corrected chi connectivity index (χ3v) is 1.49. The maximum atomic E-state index is 12.9. The topological polar surface area (TPSA) is 12.9 Å². The minimum absolute atomic E-state index is 0.331. The van der Waals surface area contributed by atoms with E-state index in [9.17, 15) is 8.78 Å². The quantitative estimate of drug-likeness (QED) is 0.666. The molecule has 0 aliphatic heterocycles. The molecular formula is C9H11F2N. The van der Waals surface area contributed by atoms with Crippen molar-refractivity contribution in [1.82, 2.24) is 4.98 Å². The average Bonchev–Trinajstić information content (AvgIpc) is 1.94. The highest BCUT2D eigenvalue weighted by atomic mass is 19.1. The molecule has 0 fully saturated rings. The van der Waals surface area contributed by atoms with Crippen LogP contribution in [0.4, 0.5) is 8.78 Å². The van der Waals surface area contributed by atoms with E-state index < -0.39 is 11.6 Å². The molecule has 0 radical (unpaired) electrons. The second-order valence-corrected chi connectivity index (χ2v) is 3.18. The molecule has 1 heterocycles. The van der Waals surface area contributed by atoms with Crippen LogP contribution < -0.4 is 0 Å². The summed E-state index contributed by atoms with van der Waals surface area (Å²) in [5, 5.41) is 0. The van der Waals surface area contributed by atoms with Gasteiger partial charge >= 0.3 is 0 Å². The van der Waals surface area contributed by atoms with E-state index in [0.29, 0.717) is 18.0 Å². The van der Waals surface area contributed by atoms with Crippen LogP contribution >= 0.6 is 0 Å². The van der Waals surface area contributed by atoms with Crippen molar-refractivity contribution >= 4 is 0 Å². The summed E-state index contributed by atoms with van der Waals surface area (Å²) in [7, 11) is 0. The van der Waals surface area contributed by atoms with E-state index in [-0.39, 0.29) is 0 Å². The predicted molar refractivity (Wildman–Crippen MR) is 42.7 cm³/mol. The first kappa shape index (κ1) is 9.10. The Morgan fingerprint density at radius 1 is 1.42 bits per heavy atom. The lowest BCUT2D eigenvalue weighted by Crippen LogP contribution is -2.01. The normalized spacial score (nSPS) is 10.8. The third-order valence-electron chi connectivity index (χ3n) is 1.49. The standard InChI is InChI=1S/C9H11F2N/c1-6(2)3-9-8(11)4-7(10)5-12-9/h4-6H,3H2,1-2H3. The smallest absolute Gasteiger partial charge is 0.147 e. The summed E-state index contributed by atoms with van der Waals surface area (Å²) in [6.45, 7) is 3.93. The Morgan fingerprint density at radius 3 is 2.58 bits per heavy atom. The van der Waals surface area contributed by atoms with Gasteiger partial charge in [0.05, 0.1) is 11.9 Å². The van der Waals surface area contributed by atoms with Gasteiger partial charge < -0.3 is 0 Å². The van der Waals surface area contributed by atoms with Crippen molar-refractivity contribution in [3.05, 3.63) is 29.6 Å². The highest BCUT2D eigenvalue weighted by molar-refractivity contribution is 5.08. The fourth-order valence-corrected chi connectivity index (χ4v) is 0.980. The number of rotatable bonds is 2. The molecule has 0 spiro atoms. The number of hydrogen-bond donors (Lipinski definition) is 0. The van der Waals surface area contributed by atoms with Crippen LogP contribution in [0.1, 0.15) is 19.5 Å². The van der Waals surface area contributed by atoms with Crippen LogP contribution in [0, 0.1) is 17.6 Å². The van der Waals surface area contributed by atoms with Gasteiger partial charge in [-0.15, -0.1) is 0 Å². The summed E-state index contributed by atoms with van der Waals surface area (Å²) in [6.07, 6.45) is 1.59. The summed E-state index contributed by atoms with van der Waals surface area (Å²) in [4.78, 5) is 3.67. The first-order valence-electron chi connectivity index (χ1n) is 3.89. The largest absolute Gasteiger partial charge is 0.255 e. The lowest BCUT2D eigenvalue weighted by Gasteiger charge is -2.04. The van der Waals surface area contributed by atoms with E-state index in [1.807, 2.05) is 13.8 Å². The maximum Gasteiger partial charge on any atom is 0.147 e. The first-order valence-corrected chi connectivity index (χ1v) is 3.89. The molecule has 0 saturated heterocycles. The number of pyridine rings is 1. The van der Waals surface area contributed by atoms with E-state index in [4.69, 9.17) is 0 Å². The minimum atomic E-state index is -0.625. The van der Waals surface area contributed by atoms with Crippen molar-refractivity contribution in [3.8, 4) is 0 Å². The molecule has 0 aliphatic rings. The van der Waals surface area contributed by atoms with E-state index in [2.05, 4.69) is 4.98 Å². The fourth-order valence-electron chi connectivity index (χ4n) is 0.980. The number of hydrogen-bond acceptors (Lipinski definition) is 1. The van der Waals surface area contributed by atoms with Crippen molar-refractivity contribution in [1.29, 1.82) is 0 Å². The lowest BCUT2D eigenvalue weighted by molar-refractivity contribution is 0.535. The van der Waals surface area contributed by atoms with Gasteiger partial charge in [-0.05, 0) is 12.3 Å². The molecule has 0 saturated carbocycles. The molecule has 0 aliphatic carbocycles. The zero-order chi connectivity index (χ0) is 9.14. The van der Waals surface area contributed by atoms with E-state index in [1.54, 1.807) is 0 Å². The van der Waals surface area contributed by atoms with Crippen LogP contribution in [-0.4, -0.2) is 4.98 Å². The molecule has 1 aromatic heterocycles. The summed E-state index contributed by atoms with van der Waals surface area (Å²) in [5.74, 6) is -0.846. The monoisotopic (exact) mass is 171 g/mol. The third kappa shape index (κ3) is 2.26. The summed E-state index contributed by atoms with van der Waals surface area (Å²) in [5.41, 5.74) is 0.339. The van der Waals surface area contributed by atoms with Crippen molar-refractivity contribution in [2.75, 3.05) is 0 Å². The molecule has 12 heavy (non-hydrogen) atoms. The fraction of sp³-hybridized carbons (Fsp3) is 0.444. The molecule has 66 valence electrons. The molecule has 3 heteroatoms. The zero-order valence-corrected chi connectivity index (χ0v) is 7.14. The van der Waals surface area contributed by atoms with Crippen LogP contribution in [0.3, 0.4) is 0 Å². The Hall–Kier alpha value is -0.990. The Balaban J connectivity index is 2.86. The van der Waals surface area contributed by atoms with Gasteiger partial charge in [0.25, 0.3) is 0 Å². The van der Waals surface area contributed by atoms with Gasteiger partial charge in [0.15, 0.2) is 0 Å². The molecular weight excluding hydrogens is 160 g/mol. The van der Waals surface area contributed by atoms with Gasteiger partial charge in [0, 0.05) is 6.07 Å². The van der Waals surface area contributed by atoms with Crippen LogP contribution in [-0.2, 0) is 6.42 Å². The molecule has 1 aromatic rings. The second-order valence-electron chi connectivity index (χ2n) is 3.18. The molecule has 1 nitrogen and oxygen atoms in total. The Morgan fingerprint density at radius 2 is 2.08 bits per heavy atom. The van der Waals surface area contributed by atoms with Crippen LogP contribution in [0.5, 0.6) is 0 Å².